The Bertz CT molecular complexity index is 479. The Morgan fingerprint density at radius 2 is 1.86 bits per heavy atom. The number of carbonyl (C=O) groups is 1. The van der Waals surface area contributed by atoms with Gasteiger partial charge in [0, 0.05) is 18.7 Å². The smallest absolute Gasteiger partial charge is 0.405 e. The van der Waals surface area contributed by atoms with Crippen molar-refractivity contribution in [2.75, 3.05) is 6.54 Å². The molecule has 8 heteroatoms. The maximum atomic E-state index is 12.2. The molecule has 0 aliphatic heterocycles. The van der Waals surface area contributed by atoms with Crippen LogP contribution in [0.25, 0.3) is 0 Å². The summed E-state index contributed by atoms with van der Waals surface area (Å²) in [6.07, 6.45) is -4.77. The van der Waals surface area contributed by atoms with Crippen LogP contribution in [0.1, 0.15) is 19.4 Å². The van der Waals surface area contributed by atoms with Crippen molar-refractivity contribution < 1.29 is 22.7 Å². The summed E-state index contributed by atoms with van der Waals surface area (Å²) in [5.41, 5.74) is 4.92. The molecule has 0 heterocycles. The van der Waals surface area contributed by atoms with Crippen molar-refractivity contribution in [3.8, 4) is 5.75 Å². The second kappa shape index (κ2) is 7.51. The molecular formula is C13H18ClF3N2O2. The number of nitrogens with one attached hydrogen (secondary N) is 1. The van der Waals surface area contributed by atoms with Crippen LogP contribution in [0.2, 0.25) is 0 Å². The number of para-hydroxylation sites is 1. The predicted octanol–water partition coefficient (Wildman–Crippen LogP) is 2.61. The fourth-order valence-corrected chi connectivity index (χ4v) is 1.38. The molecule has 0 saturated heterocycles. The standard InChI is InChI=1S/C13H17F3N2O2.ClH/c1-12(2,8-17)11(19)18-7-9-5-3-4-6-10(9)20-13(14,15)16;/h3-6H,7-8,17H2,1-2H3,(H,18,19);1H. The van der Waals surface area contributed by atoms with Gasteiger partial charge in [0.1, 0.15) is 5.75 Å². The number of rotatable bonds is 5. The molecule has 1 rings (SSSR count). The van der Waals surface area contributed by atoms with Crippen molar-refractivity contribution in [3.63, 3.8) is 0 Å². The molecule has 0 bridgehead atoms. The minimum atomic E-state index is -4.77. The molecule has 0 aliphatic rings. The molecule has 21 heavy (non-hydrogen) atoms. The Hall–Kier alpha value is -1.47. The fraction of sp³-hybridized carbons (Fsp3) is 0.462. The van der Waals surface area contributed by atoms with Gasteiger partial charge >= 0.3 is 6.36 Å². The monoisotopic (exact) mass is 326 g/mol. The van der Waals surface area contributed by atoms with Gasteiger partial charge in [0.15, 0.2) is 0 Å². The van der Waals surface area contributed by atoms with E-state index in [4.69, 9.17) is 5.73 Å². The van der Waals surface area contributed by atoms with Crippen LogP contribution in [0.3, 0.4) is 0 Å². The number of carbonyl (C=O) groups excluding carboxylic acids is 1. The maximum Gasteiger partial charge on any atom is 0.573 e. The average molecular weight is 327 g/mol. The molecule has 0 unspecified atom stereocenters. The summed E-state index contributed by atoms with van der Waals surface area (Å²) in [6.45, 7) is 3.38. The third-order valence-corrected chi connectivity index (χ3v) is 2.76. The molecule has 0 fully saturated rings. The second-order valence-electron chi connectivity index (χ2n) is 4.93. The van der Waals surface area contributed by atoms with E-state index in [2.05, 4.69) is 10.1 Å². The SMILES string of the molecule is CC(C)(CN)C(=O)NCc1ccccc1OC(F)(F)F.Cl. The summed E-state index contributed by atoms with van der Waals surface area (Å²) in [4.78, 5) is 11.8. The van der Waals surface area contributed by atoms with Gasteiger partial charge in [0.25, 0.3) is 0 Å². The van der Waals surface area contributed by atoms with Crippen LogP contribution in [0, 0.1) is 5.41 Å². The summed E-state index contributed by atoms with van der Waals surface area (Å²) in [5, 5.41) is 2.55. The maximum absolute atomic E-state index is 12.2. The highest BCUT2D eigenvalue weighted by atomic mass is 35.5. The van der Waals surface area contributed by atoms with E-state index in [1.54, 1.807) is 19.9 Å². The molecule has 1 aromatic rings. The molecule has 3 N–H and O–H groups in total. The quantitative estimate of drug-likeness (QED) is 0.874. The van der Waals surface area contributed by atoms with E-state index in [0.717, 1.165) is 0 Å². The Kier molecular flexibility index (Phi) is 6.99. The van der Waals surface area contributed by atoms with Crippen LogP contribution in [-0.2, 0) is 11.3 Å². The van der Waals surface area contributed by atoms with Crippen molar-refractivity contribution in [3.05, 3.63) is 29.8 Å². The fourth-order valence-electron chi connectivity index (χ4n) is 1.38. The third-order valence-electron chi connectivity index (χ3n) is 2.76. The molecule has 120 valence electrons. The number of amides is 1. The molecule has 0 saturated carbocycles. The molecule has 0 aromatic heterocycles. The zero-order chi connectivity index (χ0) is 15.4. The van der Waals surface area contributed by atoms with E-state index in [0.29, 0.717) is 0 Å². The molecule has 1 amide bonds. The molecule has 0 atom stereocenters. The van der Waals surface area contributed by atoms with Gasteiger partial charge in [-0.25, -0.2) is 0 Å². The molecule has 4 nitrogen and oxygen atoms in total. The summed E-state index contributed by atoms with van der Waals surface area (Å²) in [5.74, 6) is -0.660. The van der Waals surface area contributed by atoms with Crippen molar-refractivity contribution in [1.82, 2.24) is 5.32 Å². The Morgan fingerprint density at radius 3 is 2.38 bits per heavy atom. The van der Waals surface area contributed by atoms with Crippen LogP contribution in [0.5, 0.6) is 5.75 Å². The van der Waals surface area contributed by atoms with Crippen LogP contribution in [0.15, 0.2) is 24.3 Å². The van der Waals surface area contributed by atoms with E-state index in [-0.39, 0.29) is 42.7 Å². The lowest BCUT2D eigenvalue weighted by molar-refractivity contribution is -0.274. The van der Waals surface area contributed by atoms with Gasteiger partial charge in [-0.05, 0) is 19.9 Å². The number of hydrogen-bond donors (Lipinski definition) is 2. The number of nitrogens with two attached hydrogens (primary N) is 1. The third kappa shape index (κ3) is 6.22. The molecule has 1 aromatic carbocycles. The highest BCUT2D eigenvalue weighted by Gasteiger charge is 2.32. The van der Waals surface area contributed by atoms with E-state index < -0.39 is 11.8 Å². The first kappa shape index (κ1) is 19.5. The Balaban J connectivity index is 0.00000400. The normalized spacial score (nSPS) is 11.5. The second-order valence-corrected chi connectivity index (χ2v) is 4.93. The van der Waals surface area contributed by atoms with Gasteiger partial charge in [0.2, 0.25) is 5.91 Å². The van der Waals surface area contributed by atoms with Gasteiger partial charge in [-0.2, -0.15) is 0 Å². The van der Waals surface area contributed by atoms with Gasteiger partial charge < -0.3 is 15.8 Å². The van der Waals surface area contributed by atoms with Gasteiger partial charge in [0.05, 0.1) is 5.41 Å². The minimum Gasteiger partial charge on any atom is -0.405 e. The van der Waals surface area contributed by atoms with Crippen LogP contribution in [-0.4, -0.2) is 18.8 Å². The first-order valence-electron chi connectivity index (χ1n) is 5.98. The Labute approximate surface area is 127 Å². The van der Waals surface area contributed by atoms with Gasteiger partial charge in [-0.3, -0.25) is 4.79 Å². The van der Waals surface area contributed by atoms with Crippen LogP contribution >= 0.6 is 12.4 Å². The van der Waals surface area contributed by atoms with Crippen LogP contribution < -0.4 is 15.8 Å². The lowest BCUT2D eigenvalue weighted by atomic mass is 9.92. The zero-order valence-corrected chi connectivity index (χ0v) is 12.5. The van der Waals surface area contributed by atoms with Crippen molar-refractivity contribution >= 4 is 18.3 Å². The van der Waals surface area contributed by atoms with Crippen molar-refractivity contribution in [2.45, 2.75) is 26.8 Å². The lowest BCUT2D eigenvalue weighted by Gasteiger charge is -2.21. The molecule has 0 radical (unpaired) electrons. The number of hydrogen-bond acceptors (Lipinski definition) is 3. The number of halogens is 4. The van der Waals surface area contributed by atoms with Crippen molar-refractivity contribution in [1.29, 1.82) is 0 Å². The van der Waals surface area contributed by atoms with E-state index in [9.17, 15) is 18.0 Å². The predicted molar refractivity (Wildman–Crippen MR) is 75.1 cm³/mol. The van der Waals surface area contributed by atoms with Crippen LogP contribution in [0.4, 0.5) is 13.2 Å². The van der Waals surface area contributed by atoms with E-state index in [1.807, 2.05) is 0 Å². The molecule has 0 aliphatic carbocycles. The number of alkyl halides is 3. The highest BCUT2D eigenvalue weighted by molar-refractivity contribution is 5.85. The van der Waals surface area contributed by atoms with E-state index >= 15 is 0 Å². The Morgan fingerprint density at radius 1 is 1.29 bits per heavy atom. The van der Waals surface area contributed by atoms with Gasteiger partial charge in [-0.1, -0.05) is 18.2 Å². The molecule has 0 spiro atoms. The first-order chi connectivity index (χ1) is 9.15. The van der Waals surface area contributed by atoms with Crippen molar-refractivity contribution in [2.24, 2.45) is 11.1 Å². The number of benzene rings is 1. The summed E-state index contributed by atoms with van der Waals surface area (Å²) >= 11 is 0. The average Bonchev–Trinajstić information content (AvgIpc) is 2.35. The molecular weight excluding hydrogens is 309 g/mol. The first-order valence-corrected chi connectivity index (χ1v) is 5.98. The van der Waals surface area contributed by atoms with Gasteiger partial charge in [-0.15, -0.1) is 25.6 Å². The summed E-state index contributed by atoms with van der Waals surface area (Å²) in [6, 6.07) is 5.65. The van der Waals surface area contributed by atoms with E-state index in [1.165, 1.54) is 18.2 Å². The number of ether oxygens (including phenoxy) is 1. The largest absolute Gasteiger partial charge is 0.573 e. The zero-order valence-electron chi connectivity index (χ0n) is 11.7. The lowest BCUT2D eigenvalue weighted by Crippen LogP contribution is -2.41. The topological polar surface area (TPSA) is 64.4 Å². The minimum absolute atomic E-state index is 0. The summed E-state index contributed by atoms with van der Waals surface area (Å²) in [7, 11) is 0. The highest BCUT2D eigenvalue weighted by Crippen LogP contribution is 2.26. The summed E-state index contributed by atoms with van der Waals surface area (Å²) < 4.78 is 40.6.